The number of piperidine rings is 1. The third kappa shape index (κ3) is 5.80. The van der Waals surface area contributed by atoms with Crippen molar-refractivity contribution >= 4 is 23.4 Å². The molecule has 1 saturated heterocycles. The summed E-state index contributed by atoms with van der Waals surface area (Å²) in [6.45, 7) is 4.02. The molecule has 2 amide bonds. The van der Waals surface area contributed by atoms with E-state index < -0.39 is 6.04 Å². The quantitative estimate of drug-likeness (QED) is 0.476. The number of rotatable bonds is 8. The Hall–Kier alpha value is -3.15. The molecule has 5 nitrogen and oxygen atoms in total. The Kier molecular flexibility index (Phi) is 7.69. The van der Waals surface area contributed by atoms with Gasteiger partial charge in [-0.25, -0.2) is 0 Å². The number of carbonyl (C=O) groups is 2. The predicted molar refractivity (Wildman–Crippen MR) is 143 cm³/mol. The Morgan fingerprint density at radius 1 is 0.944 bits per heavy atom. The summed E-state index contributed by atoms with van der Waals surface area (Å²) in [5.41, 5.74) is 3.97. The van der Waals surface area contributed by atoms with E-state index >= 15 is 0 Å². The largest absolute Gasteiger partial charge is 0.354 e. The molecule has 0 saturated carbocycles. The first-order valence-electron chi connectivity index (χ1n) is 12.7. The molecule has 1 N–H and O–H groups in total. The van der Waals surface area contributed by atoms with E-state index in [1.165, 1.54) is 5.56 Å². The molecule has 36 heavy (non-hydrogen) atoms. The molecule has 186 valence electrons. The summed E-state index contributed by atoms with van der Waals surface area (Å²) in [5.74, 6) is 0.311. The van der Waals surface area contributed by atoms with Crippen molar-refractivity contribution < 1.29 is 9.59 Å². The van der Waals surface area contributed by atoms with Crippen LogP contribution in [0.4, 0.5) is 0 Å². The van der Waals surface area contributed by atoms with Gasteiger partial charge in [-0.2, -0.15) is 0 Å². The van der Waals surface area contributed by atoms with Crippen LogP contribution in [0.1, 0.15) is 39.9 Å². The van der Waals surface area contributed by atoms with Gasteiger partial charge in [-0.1, -0.05) is 72.3 Å². The standard InChI is InChI=1S/C30H32ClN3O2/c31-26-11-6-9-24(17-26)20-33-15-13-23(14-16-33)19-32-29(35)28(18-22-7-2-1-3-8-22)34-21-25-10-4-5-12-27(25)30(34)36/h1-12,17,23,28H,13-16,18-21H2,(H,32,35)/t28-/m1/s1. The Morgan fingerprint density at radius 2 is 1.67 bits per heavy atom. The molecule has 0 aliphatic carbocycles. The zero-order chi connectivity index (χ0) is 24.9. The zero-order valence-electron chi connectivity index (χ0n) is 20.4. The van der Waals surface area contributed by atoms with Crippen molar-refractivity contribution in [2.45, 2.75) is 38.4 Å². The van der Waals surface area contributed by atoms with E-state index in [0.29, 0.717) is 31.0 Å². The van der Waals surface area contributed by atoms with Gasteiger partial charge < -0.3 is 10.2 Å². The van der Waals surface area contributed by atoms with Crippen LogP contribution in [-0.2, 0) is 24.3 Å². The van der Waals surface area contributed by atoms with Crippen molar-refractivity contribution in [1.29, 1.82) is 0 Å². The number of halogens is 1. The fourth-order valence-corrected chi connectivity index (χ4v) is 5.53. The number of likely N-dealkylation sites (tertiary alicyclic amines) is 1. The molecular formula is C30H32ClN3O2. The maximum Gasteiger partial charge on any atom is 0.255 e. The van der Waals surface area contributed by atoms with Crippen molar-refractivity contribution in [1.82, 2.24) is 15.1 Å². The van der Waals surface area contributed by atoms with Crippen molar-refractivity contribution in [3.05, 3.63) is 106 Å². The van der Waals surface area contributed by atoms with E-state index in [4.69, 9.17) is 11.6 Å². The van der Waals surface area contributed by atoms with Gasteiger partial charge in [0.25, 0.3) is 5.91 Å². The maximum atomic E-state index is 13.5. The third-order valence-corrected chi connectivity index (χ3v) is 7.60. The second-order valence-corrected chi connectivity index (χ2v) is 10.3. The number of nitrogens with zero attached hydrogens (tertiary/aromatic N) is 2. The van der Waals surface area contributed by atoms with E-state index in [-0.39, 0.29) is 11.8 Å². The Bertz CT molecular complexity index is 1210. The number of fused-ring (bicyclic) bond motifs is 1. The second kappa shape index (κ2) is 11.3. The van der Waals surface area contributed by atoms with Gasteiger partial charge in [0, 0.05) is 36.6 Å². The second-order valence-electron chi connectivity index (χ2n) is 9.89. The highest BCUT2D eigenvalue weighted by molar-refractivity contribution is 6.30. The summed E-state index contributed by atoms with van der Waals surface area (Å²) in [5, 5.41) is 3.97. The molecule has 1 fully saturated rings. The maximum absolute atomic E-state index is 13.5. The Labute approximate surface area is 218 Å². The van der Waals surface area contributed by atoms with E-state index in [2.05, 4.69) is 16.3 Å². The number of benzene rings is 3. The lowest BCUT2D eigenvalue weighted by Crippen LogP contribution is -2.49. The van der Waals surface area contributed by atoms with Crippen LogP contribution in [0.2, 0.25) is 5.02 Å². The fourth-order valence-electron chi connectivity index (χ4n) is 5.32. The number of amides is 2. The molecule has 0 spiro atoms. The topological polar surface area (TPSA) is 52.7 Å². The summed E-state index contributed by atoms with van der Waals surface area (Å²) < 4.78 is 0. The van der Waals surface area contributed by atoms with Crippen molar-refractivity contribution in [2.75, 3.05) is 19.6 Å². The SMILES string of the molecule is O=C(NCC1CCN(Cc2cccc(Cl)c2)CC1)[C@@H](Cc1ccccc1)N1Cc2ccccc2C1=O. The first kappa shape index (κ1) is 24.5. The molecule has 0 radical (unpaired) electrons. The molecule has 0 bridgehead atoms. The highest BCUT2D eigenvalue weighted by Gasteiger charge is 2.36. The van der Waals surface area contributed by atoms with Crippen LogP contribution < -0.4 is 5.32 Å². The minimum Gasteiger partial charge on any atom is -0.354 e. The van der Waals surface area contributed by atoms with Crippen LogP contribution in [0.15, 0.2) is 78.9 Å². The number of carbonyl (C=O) groups excluding carboxylic acids is 2. The monoisotopic (exact) mass is 501 g/mol. The van der Waals surface area contributed by atoms with E-state index in [1.807, 2.05) is 72.8 Å². The van der Waals surface area contributed by atoms with E-state index in [9.17, 15) is 9.59 Å². The normalized spacial score (nSPS) is 17.1. The van der Waals surface area contributed by atoms with Gasteiger partial charge in [-0.3, -0.25) is 14.5 Å². The van der Waals surface area contributed by atoms with Crippen molar-refractivity contribution in [2.24, 2.45) is 5.92 Å². The summed E-state index contributed by atoms with van der Waals surface area (Å²) in [4.78, 5) is 30.8. The highest BCUT2D eigenvalue weighted by atomic mass is 35.5. The fraction of sp³-hybridized carbons (Fsp3) is 0.333. The van der Waals surface area contributed by atoms with Crippen LogP contribution in [0, 0.1) is 5.92 Å². The van der Waals surface area contributed by atoms with Crippen LogP contribution in [0.25, 0.3) is 0 Å². The van der Waals surface area contributed by atoms with Gasteiger partial charge in [-0.15, -0.1) is 0 Å². The number of hydrogen-bond donors (Lipinski definition) is 1. The molecule has 2 aliphatic heterocycles. The Balaban J connectivity index is 1.19. The lowest BCUT2D eigenvalue weighted by Gasteiger charge is -2.33. The van der Waals surface area contributed by atoms with Gasteiger partial charge >= 0.3 is 0 Å². The molecule has 2 heterocycles. The summed E-state index contributed by atoms with van der Waals surface area (Å²) in [6.07, 6.45) is 2.58. The summed E-state index contributed by atoms with van der Waals surface area (Å²) >= 11 is 6.13. The molecule has 2 aliphatic rings. The van der Waals surface area contributed by atoms with Gasteiger partial charge in [0.2, 0.25) is 5.91 Å². The average Bonchev–Trinajstić information content (AvgIpc) is 3.23. The van der Waals surface area contributed by atoms with Crippen LogP contribution in [0.5, 0.6) is 0 Å². The molecule has 0 unspecified atom stereocenters. The lowest BCUT2D eigenvalue weighted by molar-refractivity contribution is -0.126. The van der Waals surface area contributed by atoms with Crippen molar-refractivity contribution in [3.8, 4) is 0 Å². The van der Waals surface area contributed by atoms with Gasteiger partial charge in [0.1, 0.15) is 6.04 Å². The third-order valence-electron chi connectivity index (χ3n) is 7.37. The first-order valence-corrected chi connectivity index (χ1v) is 13.1. The van der Waals surface area contributed by atoms with Crippen molar-refractivity contribution in [3.63, 3.8) is 0 Å². The summed E-state index contributed by atoms with van der Waals surface area (Å²) in [7, 11) is 0. The molecule has 0 aromatic heterocycles. The van der Waals surface area contributed by atoms with Crippen LogP contribution in [-0.4, -0.2) is 47.3 Å². The predicted octanol–water partition coefficient (Wildman–Crippen LogP) is 4.94. The van der Waals surface area contributed by atoms with Gasteiger partial charge in [0.15, 0.2) is 0 Å². The minimum atomic E-state index is -0.532. The average molecular weight is 502 g/mol. The van der Waals surface area contributed by atoms with E-state index in [0.717, 1.165) is 48.6 Å². The molecule has 5 rings (SSSR count). The lowest BCUT2D eigenvalue weighted by atomic mass is 9.96. The van der Waals surface area contributed by atoms with Gasteiger partial charge in [-0.05, 0) is 66.7 Å². The molecule has 3 aromatic carbocycles. The summed E-state index contributed by atoms with van der Waals surface area (Å²) in [6, 6.07) is 25.1. The molecular weight excluding hydrogens is 470 g/mol. The number of hydrogen-bond acceptors (Lipinski definition) is 3. The smallest absolute Gasteiger partial charge is 0.255 e. The number of nitrogens with one attached hydrogen (secondary N) is 1. The minimum absolute atomic E-state index is 0.0593. The highest BCUT2D eigenvalue weighted by Crippen LogP contribution is 2.26. The van der Waals surface area contributed by atoms with E-state index in [1.54, 1.807) is 4.90 Å². The Morgan fingerprint density at radius 3 is 2.42 bits per heavy atom. The molecule has 3 aromatic rings. The van der Waals surface area contributed by atoms with Gasteiger partial charge in [0.05, 0.1) is 0 Å². The zero-order valence-corrected chi connectivity index (χ0v) is 21.2. The molecule has 1 atom stereocenters. The molecule has 6 heteroatoms. The van der Waals surface area contributed by atoms with Crippen LogP contribution in [0.3, 0.4) is 0 Å². The first-order chi connectivity index (χ1) is 17.6. The van der Waals surface area contributed by atoms with Crippen LogP contribution >= 0.6 is 11.6 Å².